The molecule has 0 radical (unpaired) electrons. The molecular weight excluding hydrogens is 273 g/mol. The van der Waals surface area contributed by atoms with Crippen LogP contribution in [-0.2, 0) is 11.3 Å². The van der Waals surface area contributed by atoms with Gasteiger partial charge in [-0.05, 0) is 24.3 Å². The van der Waals surface area contributed by atoms with Crippen LogP contribution in [0.3, 0.4) is 0 Å². The fourth-order valence-electron chi connectivity index (χ4n) is 1.42. The lowest BCUT2D eigenvalue weighted by Crippen LogP contribution is -2.28. The number of rotatable bonds is 3. The summed E-state index contributed by atoms with van der Waals surface area (Å²) in [4.78, 5) is 23.0. The number of carbonyl (C=O) groups is 1. The van der Waals surface area contributed by atoms with Crippen molar-refractivity contribution >= 4 is 23.2 Å². The monoisotopic (exact) mass is 281 g/mol. The third-order valence-electron chi connectivity index (χ3n) is 2.28. The van der Waals surface area contributed by atoms with E-state index in [2.05, 4.69) is 10.4 Å². The maximum Gasteiger partial charge on any atom is 0.267 e. The molecule has 0 unspecified atom stereocenters. The molecule has 1 heterocycles. The van der Waals surface area contributed by atoms with Gasteiger partial charge in [0.1, 0.15) is 12.4 Å². The highest BCUT2D eigenvalue weighted by Crippen LogP contribution is 2.19. The number of aromatic nitrogens is 2. The molecule has 1 aromatic carbocycles. The van der Waals surface area contributed by atoms with E-state index in [1.165, 1.54) is 30.5 Å². The molecule has 7 heteroatoms. The van der Waals surface area contributed by atoms with E-state index in [0.717, 1.165) is 10.7 Å². The standard InChI is InChI=1S/C12H9ClFN3O2/c13-9-6-8(3-4-10(9)14)16-11(18)7-17-12(19)2-1-5-15-17/h1-6H,7H2,(H,16,18). The number of anilines is 1. The maximum atomic E-state index is 12.9. The number of carbonyl (C=O) groups excluding carboxylic acids is 1. The Hall–Kier alpha value is -2.21. The molecule has 0 aliphatic heterocycles. The van der Waals surface area contributed by atoms with Gasteiger partial charge < -0.3 is 5.32 Å². The fourth-order valence-corrected chi connectivity index (χ4v) is 1.60. The molecule has 98 valence electrons. The Morgan fingerprint density at radius 3 is 2.89 bits per heavy atom. The van der Waals surface area contributed by atoms with Gasteiger partial charge in [-0.3, -0.25) is 9.59 Å². The number of halogens is 2. The van der Waals surface area contributed by atoms with Crippen LogP contribution in [0, 0.1) is 5.82 Å². The third kappa shape index (κ3) is 3.38. The van der Waals surface area contributed by atoms with Gasteiger partial charge in [0.25, 0.3) is 5.56 Å². The summed E-state index contributed by atoms with van der Waals surface area (Å²) in [6, 6.07) is 6.59. The van der Waals surface area contributed by atoms with Crippen molar-refractivity contribution in [1.29, 1.82) is 0 Å². The van der Waals surface area contributed by atoms with Crippen molar-refractivity contribution in [3.8, 4) is 0 Å². The van der Waals surface area contributed by atoms with Crippen molar-refractivity contribution in [2.24, 2.45) is 0 Å². The van der Waals surface area contributed by atoms with Gasteiger partial charge >= 0.3 is 0 Å². The number of nitrogens with zero attached hydrogens (tertiary/aromatic N) is 2. The summed E-state index contributed by atoms with van der Waals surface area (Å²) < 4.78 is 14.0. The van der Waals surface area contributed by atoms with Crippen LogP contribution in [0.15, 0.2) is 41.3 Å². The van der Waals surface area contributed by atoms with Gasteiger partial charge in [0.2, 0.25) is 5.91 Å². The molecule has 0 fully saturated rings. The molecule has 0 aliphatic carbocycles. The largest absolute Gasteiger partial charge is 0.324 e. The highest BCUT2D eigenvalue weighted by atomic mass is 35.5. The van der Waals surface area contributed by atoms with E-state index in [1.54, 1.807) is 0 Å². The molecule has 0 aliphatic rings. The summed E-state index contributed by atoms with van der Waals surface area (Å²) in [7, 11) is 0. The second-order valence-corrected chi connectivity index (χ2v) is 4.10. The molecule has 0 spiro atoms. The first-order valence-corrected chi connectivity index (χ1v) is 5.71. The lowest BCUT2D eigenvalue weighted by molar-refractivity contribution is -0.117. The van der Waals surface area contributed by atoms with Crippen LogP contribution in [-0.4, -0.2) is 15.7 Å². The number of nitrogens with one attached hydrogen (secondary N) is 1. The van der Waals surface area contributed by atoms with E-state index in [9.17, 15) is 14.0 Å². The Kier molecular flexibility index (Phi) is 3.91. The van der Waals surface area contributed by atoms with Crippen molar-refractivity contribution in [2.45, 2.75) is 6.54 Å². The maximum absolute atomic E-state index is 12.9. The van der Waals surface area contributed by atoms with E-state index in [4.69, 9.17) is 11.6 Å². The molecule has 5 nitrogen and oxygen atoms in total. The van der Waals surface area contributed by atoms with Gasteiger partial charge in [0.05, 0.1) is 5.02 Å². The van der Waals surface area contributed by atoms with Crippen LogP contribution in [0.4, 0.5) is 10.1 Å². The van der Waals surface area contributed by atoms with Crippen molar-refractivity contribution < 1.29 is 9.18 Å². The topological polar surface area (TPSA) is 64.0 Å². The number of amides is 1. The molecule has 1 aromatic heterocycles. The molecule has 0 saturated carbocycles. The SMILES string of the molecule is O=C(Cn1ncccc1=O)Nc1ccc(F)c(Cl)c1. The lowest BCUT2D eigenvalue weighted by atomic mass is 10.3. The minimum Gasteiger partial charge on any atom is -0.324 e. The van der Waals surface area contributed by atoms with Gasteiger partial charge in [0, 0.05) is 18.0 Å². The Balaban J connectivity index is 2.08. The van der Waals surface area contributed by atoms with Crippen molar-refractivity contribution in [1.82, 2.24) is 9.78 Å². The first-order chi connectivity index (χ1) is 9.06. The molecule has 0 bridgehead atoms. The average molecular weight is 282 g/mol. The Morgan fingerprint density at radius 1 is 1.42 bits per heavy atom. The number of hydrogen-bond acceptors (Lipinski definition) is 3. The summed E-state index contributed by atoms with van der Waals surface area (Å²) in [6.45, 7) is -0.228. The zero-order valence-corrected chi connectivity index (χ0v) is 10.4. The third-order valence-corrected chi connectivity index (χ3v) is 2.57. The van der Waals surface area contributed by atoms with Crippen LogP contribution in [0.5, 0.6) is 0 Å². The highest BCUT2D eigenvalue weighted by Gasteiger charge is 2.07. The zero-order valence-electron chi connectivity index (χ0n) is 9.64. The predicted octanol–water partition coefficient (Wildman–Crippen LogP) is 1.67. The van der Waals surface area contributed by atoms with Crippen LogP contribution in [0.1, 0.15) is 0 Å². The molecule has 2 rings (SSSR count). The van der Waals surface area contributed by atoms with E-state index in [0.29, 0.717) is 5.69 Å². The van der Waals surface area contributed by atoms with Crippen LogP contribution in [0.25, 0.3) is 0 Å². The Labute approximate surface area is 112 Å². The summed E-state index contributed by atoms with van der Waals surface area (Å²) in [5, 5.41) is 6.15. The van der Waals surface area contributed by atoms with Crippen molar-refractivity contribution in [2.75, 3.05) is 5.32 Å². The Bertz CT molecular complexity index is 672. The second kappa shape index (κ2) is 5.62. The molecule has 1 N–H and O–H groups in total. The molecule has 2 aromatic rings. The van der Waals surface area contributed by atoms with Gasteiger partial charge in [-0.25, -0.2) is 9.07 Å². The van der Waals surface area contributed by atoms with Crippen molar-refractivity contribution in [3.05, 3.63) is 57.7 Å². The summed E-state index contributed by atoms with van der Waals surface area (Å²) >= 11 is 5.59. The second-order valence-electron chi connectivity index (χ2n) is 3.70. The van der Waals surface area contributed by atoms with Crippen LogP contribution in [0.2, 0.25) is 5.02 Å². The fraction of sp³-hybridized carbons (Fsp3) is 0.0833. The smallest absolute Gasteiger partial charge is 0.267 e. The minimum atomic E-state index is -0.569. The summed E-state index contributed by atoms with van der Waals surface area (Å²) in [5.74, 6) is -1.02. The molecule has 0 atom stereocenters. The van der Waals surface area contributed by atoms with E-state index >= 15 is 0 Å². The molecular formula is C12H9ClFN3O2. The zero-order chi connectivity index (χ0) is 13.8. The lowest BCUT2D eigenvalue weighted by Gasteiger charge is -2.06. The van der Waals surface area contributed by atoms with Gasteiger partial charge in [-0.1, -0.05) is 11.6 Å². The summed E-state index contributed by atoms with van der Waals surface area (Å²) in [6.07, 6.45) is 1.41. The molecule has 1 amide bonds. The molecule has 0 saturated heterocycles. The van der Waals surface area contributed by atoms with E-state index < -0.39 is 11.7 Å². The Morgan fingerprint density at radius 2 is 2.21 bits per heavy atom. The first kappa shape index (κ1) is 13.2. The van der Waals surface area contributed by atoms with Crippen molar-refractivity contribution in [3.63, 3.8) is 0 Å². The average Bonchev–Trinajstić information content (AvgIpc) is 2.37. The van der Waals surface area contributed by atoms with Gasteiger partial charge in [-0.2, -0.15) is 5.10 Å². The number of hydrogen-bond donors (Lipinski definition) is 1. The quantitative estimate of drug-likeness (QED) is 0.931. The highest BCUT2D eigenvalue weighted by molar-refractivity contribution is 6.31. The van der Waals surface area contributed by atoms with Crippen LogP contribution >= 0.6 is 11.6 Å². The molecule has 19 heavy (non-hydrogen) atoms. The number of benzene rings is 1. The minimum absolute atomic E-state index is 0.0900. The van der Waals surface area contributed by atoms with Gasteiger partial charge in [0.15, 0.2) is 0 Å². The van der Waals surface area contributed by atoms with E-state index in [1.807, 2.05) is 0 Å². The van der Waals surface area contributed by atoms with Gasteiger partial charge in [-0.15, -0.1) is 0 Å². The normalized spacial score (nSPS) is 10.2. The van der Waals surface area contributed by atoms with Crippen LogP contribution < -0.4 is 10.9 Å². The predicted molar refractivity (Wildman–Crippen MR) is 68.5 cm³/mol. The summed E-state index contributed by atoms with van der Waals surface area (Å²) in [5.41, 5.74) is -0.0323. The first-order valence-electron chi connectivity index (χ1n) is 5.33. The van der Waals surface area contributed by atoms with E-state index in [-0.39, 0.29) is 17.1 Å².